The van der Waals surface area contributed by atoms with Crippen molar-refractivity contribution in [2.45, 2.75) is 39.2 Å². The number of halogens is 2. The van der Waals surface area contributed by atoms with Gasteiger partial charge in [-0.3, -0.25) is 4.79 Å². The number of aryl methyl sites for hydroxylation is 1. The Morgan fingerprint density at radius 1 is 0.821 bits per heavy atom. The first-order valence-electron chi connectivity index (χ1n) is 12.8. The minimum Gasteiger partial charge on any atom is -0.481 e. The summed E-state index contributed by atoms with van der Waals surface area (Å²) in [5.74, 6) is -0.796. The SMILES string of the molecule is CC(O)CCCC(=O)O.Cc1c(-c2cc3cc(Cl)ccc3[nH]2)[nH]c2cc(-c3cc4cc(Cl)ccc4[nH]3)ccc12. The number of aliphatic hydroxyl groups is 1. The second kappa shape index (κ2) is 11.2. The van der Waals surface area contributed by atoms with E-state index in [1.165, 1.54) is 10.9 Å². The van der Waals surface area contributed by atoms with E-state index in [9.17, 15) is 4.79 Å². The Bertz CT molecular complexity index is 1800. The number of carbonyl (C=O) groups is 1. The predicted molar refractivity (Wildman–Crippen MR) is 161 cm³/mol. The number of benzene rings is 3. The van der Waals surface area contributed by atoms with Gasteiger partial charge in [-0.1, -0.05) is 35.3 Å². The topological polar surface area (TPSA) is 105 Å². The number of aromatic nitrogens is 3. The first-order valence-corrected chi connectivity index (χ1v) is 13.5. The van der Waals surface area contributed by atoms with Gasteiger partial charge >= 0.3 is 5.97 Å². The maximum Gasteiger partial charge on any atom is 0.303 e. The summed E-state index contributed by atoms with van der Waals surface area (Å²) in [6.45, 7) is 3.80. The number of hydrogen-bond acceptors (Lipinski definition) is 2. The molecule has 0 saturated heterocycles. The lowest BCUT2D eigenvalue weighted by Gasteiger charge is -1.99. The van der Waals surface area contributed by atoms with E-state index < -0.39 is 5.97 Å². The maximum absolute atomic E-state index is 9.90. The van der Waals surface area contributed by atoms with Gasteiger partial charge in [0.25, 0.3) is 0 Å². The minimum absolute atomic E-state index is 0.158. The molecule has 0 aliphatic heterocycles. The number of fused-ring (bicyclic) bond motifs is 3. The van der Waals surface area contributed by atoms with Gasteiger partial charge in [-0.15, -0.1) is 0 Å². The van der Waals surface area contributed by atoms with Crippen LogP contribution in [0.2, 0.25) is 10.0 Å². The number of carboxylic acids is 1. The Morgan fingerprint density at radius 3 is 2.05 bits per heavy atom. The van der Waals surface area contributed by atoms with Crippen LogP contribution in [0.5, 0.6) is 0 Å². The molecule has 8 heteroatoms. The van der Waals surface area contributed by atoms with Crippen molar-refractivity contribution in [2.24, 2.45) is 0 Å². The summed E-state index contributed by atoms with van der Waals surface area (Å²) in [5.41, 5.74) is 8.83. The Labute approximate surface area is 235 Å². The summed E-state index contributed by atoms with van der Waals surface area (Å²) in [5, 5.41) is 21.7. The molecular weight excluding hydrogens is 533 g/mol. The molecule has 0 radical (unpaired) electrons. The number of carboxylic acid groups (broad SMARTS) is 1. The largest absolute Gasteiger partial charge is 0.481 e. The Kier molecular flexibility index (Phi) is 7.71. The Balaban J connectivity index is 0.000000298. The summed E-state index contributed by atoms with van der Waals surface area (Å²) in [6, 6.07) is 22.6. The summed E-state index contributed by atoms with van der Waals surface area (Å²) in [7, 11) is 0. The lowest BCUT2D eigenvalue weighted by Crippen LogP contribution is -2.01. The highest BCUT2D eigenvalue weighted by molar-refractivity contribution is 6.31. The van der Waals surface area contributed by atoms with Gasteiger partial charge in [0.1, 0.15) is 0 Å². The fourth-order valence-electron chi connectivity index (χ4n) is 4.82. The summed E-state index contributed by atoms with van der Waals surface area (Å²) in [4.78, 5) is 20.5. The fourth-order valence-corrected chi connectivity index (χ4v) is 5.18. The number of aliphatic hydroxyl groups excluding tert-OH is 1. The van der Waals surface area contributed by atoms with Crippen LogP contribution in [0.4, 0.5) is 0 Å². The van der Waals surface area contributed by atoms with Crippen molar-refractivity contribution >= 4 is 61.9 Å². The van der Waals surface area contributed by atoms with Crippen molar-refractivity contribution in [3.05, 3.63) is 82.3 Å². The average molecular weight is 562 g/mol. The monoisotopic (exact) mass is 561 g/mol. The number of nitrogens with one attached hydrogen (secondary N) is 3. The highest BCUT2D eigenvalue weighted by atomic mass is 35.5. The molecule has 5 N–H and O–H groups in total. The number of H-pyrrole nitrogens is 3. The normalized spacial score (nSPS) is 12.1. The molecule has 0 amide bonds. The van der Waals surface area contributed by atoms with Gasteiger partial charge in [0.15, 0.2) is 0 Å². The van der Waals surface area contributed by atoms with Crippen molar-refractivity contribution < 1.29 is 15.0 Å². The minimum atomic E-state index is -0.796. The molecule has 1 atom stereocenters. The van der Waals surface area contributed by atoms with Gasteiger partial charge in [-0.25, -0.2) is 0 Å². The maximum atomic E-state index is 9.90. The predicted octanol–water partition coefficient (Wildman–Crippen LogP) is 8.70. The lowest BCUT2D eigenvalue weighted by atomic mass is 10.1. The molecule has 3 aromatic heterocycles. The molecule has 0 fully saturated rings. The van der Waals surface area contributed by atoms with Crippen molar-refractivity contribution in [1.29, 1.82) is 0 Å². The van der Waals surface area contributed by atoms with E-state index in [0.29, 0.717) is 12.8 Å². The van der Waals surface area contributed by atoms with Gasteiger partial charge in [0.05, 0.1) is 17.5 Å². The van der Waals surface area contributed by atoms with Crippen molar-refractivity contribution in [3.8, 4) is 22.6 Å². The molecule has 6 aromatic rings. The van der Waals surface area contributed by atoms with Gasteiger partial charge < -0.3 is 25.2 Å². The fraction of sp³-hybridized carbons (Fsp3) is 0.194. The third-order valence-electron chi connectivity index (χ3n) is 6.82. The van der Waals surface area contributed by atoms with E-state index in [0.717, 1.165) is 60.0 Å². The second-order valence-corrected chi connectivity index (χ2v) is 10.7. The lowest BCUT2D eigenvalue weighted by molar-refractivity contribution is -0.137. The van der Waals surface area contributed by atoms with Crippen LogP contribution in [0.3, 0.4) is 0 Å². The summed E-state index contributed by atoms with van der Waals surface area (Å²) in [6.07, 6.45) is 0.925. The number of aromatic amines is 3. The van der Waals surface area contributed by atoms with Crippen LogP contribution in [0.25, 0.3) is 55.4 Å². The molecule has 0 aliphatic carbocycles. The number of rotatable bonds is 6. The van der Waals surface area contributed by atoms with Crippen LogP contribution < -0.4 is 0 Å². The van der Waals surface area contributed by atoms with Crippen LogP contribution in [-0.4, -0.2) is 37.2 Å². The van der Waals surface area contributed by atoms with Crippen LogP contribution in [0.1, 0.15) is 31.7 Å². The third-order valence-corrected chi connectivity index (χ3v) is 7.29. The zero-order valence-corrected chi connectivity index (χ0v) is 23.1. The summed E-state index contributed by atoms with van der Waals surface area (Å²) >= 11 is 12.3. The van der Waals surface area contributed by atoms with E-state index in [4.69, 9.17) is 33.4 Å². The average Bonchev–Trinajstić information content (AvgIpc) is 3.58. The molecule has 6 rings (SSSR count). The number of aliphatic carboxylic acids is 1. The van der Waals surface area contributed by atoms with E-state index in [1.54, 1.807) is 6.92 Å². The van der Waals surface area contributed by atoms with Crippen LogP contribution in [0, 0.1) is 6.92 Å². The van der Waals surface area contributed by atoms with Crippen LogP contribution >= 0.6 is 23.2 Å². The first-order chi connectivity index (χ1) is 18.7. The molecule has 39 heavy (non-hydrogen) atoms. The van der Waals surface area contributed by atoms with Crippen LogP contribution in [0.15, 0.2) is 66.7 Å². The van der Waals surface area contributed by atoms with Crippen molar-refractivity contribution in [1.82, 2.24) is 15.0 Å². The molecule has 3 heterocycles. The smallest absolute Gasteiger partial charge is 0.303 e. The molecule has 6 nitrogen and oxygen atoms in total. The Hall–Kier alpha value is -3.71. The molecular formula is C31H29Cl2N3O3. The van der Waals surface area contributed by atoms with Gasteiger partial charge in [0.2, 0.25) is 0 Å². The van der Waals surface area contributed by atoms with Crippen molar-refractivity contribution in [3.63, 3.8) is 0 Å². The van der Waals surface area contributed by atoms with E-state index in [-0.39, 0.29) is 12.5 Å². The molecule has 0 saturated carbocycles. The third kappa shape index (κ3) is 5.98. The first kappa shape index (κ1) is 26.9. The zero-order valence-electron chi connectivity index (χ0n) is 21.6. The van der Waals surface area contributed by atoms with Crippen molar-refractivity contribution in [2.75, 3.05) is 0 Å². The van der Waals surface area contributed by atoms with E-state index >= 15 is 0 Å². The quantitative estimate of drug-likeness (QED) is 0.140. The molecule has 0 aliphatic rings. The van der Waals surface area contributed by atoms with E-state index in [2.05, 4.69) is 52.2 Å². The molecule has 0 bridgehead atoms. The second-order valence-electron chi connectivity index (χ2n) is 9.85. The zero-order chi connectivity index (χ0) is 27.7. The molecule has 0 spiro atoms. The molecule has 200 valence electrons. The standard InChI is InChI=1S/C25H17Cl2N3.C6H12O3/c1-13-19-5-2-14(22-11-15-8-17(26)3-6-20(15)28-22)10-23(19)30-25(13)24-12-16-9-18(27)4-7-21(16)29-24;1-5(7)3-2-4-6(8)9/h2-12,28-30H,1H3;5,7H,2-4H2,1H3,(H,8,9). The van der Waals surface area contributed by atoms with Gasteiger partial charge in [-0.05, 0) is 86.8 Å². The van der Waals surface area contributed by atoms with Gasteiger partial charge in [0, 0.05) is 60.4 Å². The van der Waals surface area contributed by atoms with Crippen LogP contribution in [-0.2, 0) is 4.79 Å². The summed E-state index contributed by atoms with van der Waals surface area (Å²) < 4.78 is 0. The molecule has 1 unspecified atom stereocenters. The van der Waals surface area contributed by atoms with Gasteiger partial charge in [-0.2, -0.15) is 0 Å². The molecule has 3 aromatic carbocycles. The highest BCUT2D eigenvalue weighted by Crippen LogP contribution is 2.34. The van der Waals surface area contributed by atoms with E-state index in [1.807, 2.05) is 36.4 Å². The number of hydrogen-bond donors (Lipinski definition) is 5. The Morgan fingerprint density at radius 2 is 1.44 bits per heavy atom. The highest BCUT2D eigenvalue weighted by Gasteiger charge is 2.14.